The summed E-state index contributed by atoms with van der Waals surface area (Å²) in [6.07, 6.45) is 4.85. The van der Waals surface area contributed by atoms with Gasteiger partial charge in [-0.3, -0.25) is 0 Å². The van der Waals surface area contributed by atoms with Crippen molar-refractivity contribution < 1.29 is 8.42 Å². The second kappa shape index (κ2) is 8.19. The Morgan fingerprint density at radius 3 is 2.50 bits per heavy atom. The highest BCUT2D eigenvalue weighted by Crippen LogP contribution is 2.14. The van der Waals surface area contributed by atoms with Crippen LogP contribution in [0.2, 0.25) is 0 Å². The predicted octanol–water partition coefficient (Wildman–Crippen LogP) is 2.08. The highest BCUT2D eigenvalue weighted by atomic mass is 32.2. The highest BCUT2D eigenvalue weighted by Gasteiger charge is 2.22. The molecular weight excluding hydrogens is 274 g/mol. The Kier molecular flexibility index (Phi) is 6.91. The summed E-state index contributed by atoms with van der Waals surface area (Å²) >= 11 is 0. The van der Waals surface area contributed by atoms with Gasteiger partial charge >= 0.3 is 0 Å². The van der Waals surface area contributed by atoms with Crippen molar-refractivity contribution in [2.45, 2.75) is 40.0 Å². The fourth-order valence-corrected chi connectivity index (χ4v) is 3.16. The number of sulfone groups is 1. The van der Waals surface area contributed by atoms with Crippen molar-refractivity contribution >= 4 is 15.7 Å². The van der Waals surface area contributed by atoms with E-state index in [1.54, 1.807) is 6.20 Å². The van der Waals surface area contributed by atoms with Crippen molar-refractivity contribution in [3.8, 4) is 0 Å². The molecule has 1 fully saturated rings. The van der Waals surface area contributed by atoms with E-state index in [4.69, 9.17) is 0 Å². The lowest BCUT2D eigenvalue weighted by Gasteiger charge is -2.27. The summed E-state index contributed by atoms with van der Waals surface area (Å²) in [6.45, 7) is 7.21. The number of rotatable bonds is 4. The van der Waals surface area contributed by atoms with E-state index in [2.05, 4.69) is 16.9 Å². The molecule has 114 valence electrons. The quantitative estimate of drug-likeness (QED) is 0.851. The summed E-state index contributed by atoms with van der Waals surface area (Å²) in [5, 5.41) is 0. The molecule has 0 spiro atoms. The van der Waals surface area contributed by atoms with Crippen LogP contribution >= 0.6 is 0 Å². The molecule has 0 atom stereocenters. The lowest BCUT2D eigenvalue weighted by Crippen LogP contribution is -2.40. The molecule has 0 bridgehead atoms. The van der Waals surface area contributed by atoms with E-state index in [0.29, 0.717) is 13.1 Å². The largest absolute Gasteiger partial charge is 0.354 e. The normalized spacial score (nSPS) is 17.2. The van der Waals surface area contributed by atoms with Crippen molar-refractivity contribution in [3.63, 3.8) is 0 Å². The van der Waals surface area contributed by atoms with Gasteiger partial charge in [0, 0.05) is 25.7 Å². The molecule has 0 radical (unpaired) electrons. The molecule has 2 heterocycles. The zero-order valence-corrected chi connectivity index (χ0v) is 13.5. The van der Waals surface area contributed by atoms with Gasteiger partial charge in [-0.25, -0.2) is 18.4 Å². The molecule has 1 aliphatic heterocycles. The van der Waals surface area contributed by atoms with Crippen molar-refractivity contribution in [3.05, 3.63) is 18.1 Å². The molecule has 1 aromatic heterocycles. The second-order valence-corrected chi connectivity index (χ2v) is 6.88. The Labute approximate surface area is 122 Å². The van der Waals surface area contributed by atoms with Gasteiger partial charge in [-0.05, 0) is 12.5 Å². The standard InChI is InChI=1S/C12H19N3O2S.C2H6/c1-2-3-4-11-13-6-5-12(14-11)15-7-9-18(16,17)10-8-15;1-2/h5-6H,2-4,7-10H2,1H3;1-2H3. The first-order valence-corrected chi connectivity index (χ1v) is 9.20. The van der Waals surface area contributed by atoms with Crippen LogP contribution in [0.15, 0.2) is 12.3 Å². The van der Waals surface area contributed by atoms with Gasteiger partial charge in [0.25, 0.3) is 0 Å². The Balaban J connectivity index is 0.000000956. The number of aryl methyl sites for hydroxylation is 1. The molecule has 0 amide bonds. The van der Waals surface area contributed by atoms with Crippen molar-refractivity contribution in [2.75, 3.05) is 29.5 Å². The second-order valence-electron chi connectivity index (χ2n) is 4.57. The molecular formula is C14H25N3O2S. The van der Waals surface area contributed by atoms with Gasteiger partial charge in [0.2, 0.25) is 0 Å². The third-order valence-electron chi connectivity index (χ3n) is 3.11. The third kappa shape index (κ3) is 5.07. The van der Waals surface area contributed by atoms with Crippen LogP contribution in [0, 0.1) is 0 Å². The summed E-state index contributed by atoms with van der Waals surface area (Å²) in [5.74, 6) is 2.15. The summed E-state index contributed by atoms with van der Waals surface area (Å²) in [4.78, 5) is 10.8. The number of aromatic nitrogens is 2. The number of hydrogen-bond acceptors (Lipinski definition) is 5. The number of anilines is 1. The van der Waals surface area contributed by atoms with Crippen LogP contribution in [0.25, 0.3) is 0 Å². The predicted molar refractivity (Wildman–Crippen MR) is 82.9 cm³/mol. The number of unbranched alkanes of at least 4 members (excludes halogenated alkanes) is 1. The fraction of sp³-hybridized carbons (Fsp3) is 0.714. The Morgan fingerprint density at radius 1 is 1.25 bits per heavy atom. The Bertz CT molecular complexity index is 489. The van der Waals surface area contributed by atoms with Crippen molar-refractivity contribution in [2.24, 2.45) is 0 Å². The Morgan fingerprint density at radius 2 is 1.90 bits per heavy atom. The average Bonchev–Trinajstić information content (AvgIpc) is 2.47. The first-order chi connectivity index (χ1) is 9.61. The van der Waals surface area contributed by atoms with Crippen molar-refractivity contribution in [1.82, 2.24) is 9.97 Å². The maximum absolute atomic E-state index is 11.4. The summed E-state index contributed by atoms with van der Waals surface area (Å²) in [6, 6.07) is 1.85. The molecule has 6 heteroatoms. The minimum Gasteiger partial charge on any atom is -0.354 e. The molecule has 20 heavy (non-hydrogen) atoms. The maximum Gasteiger partial charge on any atom is 0.153 e. The molecule has 1 aliphatic rings. The first-order valence-electron chi connectivity index (χ1n) is 7.38. The van der Waals surface area contributed by atoms with E-state index < -0.39 is 9.84 Å². The van der Waals surface area contributed by atoms with Crippen LogP contribution in [0.4, 0.5) is 5.82 Å². The SMILES string of the molecule is CC.CCCCc1nccc(N2CCS(=O)(=O)CC2)n1. The minimum atomic E-state index is -2.83. The van der Waals surface area contributed by atoms with E-state index in [1.165, 1.54) is 0 Å². The fourth-order valence-electron chi connectivity index (χ4n) is 1.96. The molecule has 0 aliphatic carbocycles. The number of nitrogens with zero attached hydrogens (tertiary/aromatic N) is 3. The van der Waals surface area contributed by atoms with Gasteiger partial charge in [-0.15, -0.1) is 0 Å². The summed E-state index contributed by atoms with van der Waals surface area (Å²) in [5.41, 5.74) is 0. The van der Waals surface area contributed by atoms with Gasteiger partial charge in [-0.2, -0.15) is 0 Å². The first kappa shape index (κ1) is 16.9. The molecule has 0 unspecified atom stereocenters. The minimum absolute atomic E-state index is 0.224. The van der Waals surface area contributed by atoms with Gasteiger partial charge in [-0.1, -0.05) is 27.2 Å². The molecule has 0 saturated carbocycles. The van der Waals surface area contributed by atoms with E-state index in [0.717, 1.165) is 30.9 Å². The topological polar surface area (TPSA) is 63.2 Å². The van der Waals surface area contributed by atoms with E-state index >= 15 is 0 Å². The van der Waals surface area contributed by atoms with Crippen LogP contribution in [0.3, 0.4) is 0 Å². The van der Waals surface area contributed by atoms with Crippen molar-refractivity contribution in [1.29, 1.82) is 0 Å². The lowest BCUT2D eigenvalue weighted by atomic mass is 10.2. The van der Waals surface area contributed by atoms with E-state index in [9.17, 15) is 8.42 Å². The van der Waals surface area contributed by atoms with Crippen LogP contribution in [0.1, 0.15) is 39.4 Å². The summed E-state index contributed by atoms with van der Waals surface area (Å²) < 4.78 is 22.8. The summed E-state index contributed by atoms with van der Waals surface area (Å²) in [7, 11) is -2.83. The van der Waals surface area contributed by atoms with Crippen LogP contribution in [0.5, 0.6) is 0 Å². The van der Waals surface area contributed by atoms with Gasteiger partial charge in [0.05, 0.1) is 11.5 Å². The molecule has 1 aromatic rings. The highest BCUT2D eigenvalue weighted by molar-refractivity contribution is 7.91. The van der Waals surface area contributed by atoms with Crippen LogP contribution in [-0.4, -0.2) is 43.0 Å². The molecule has 0 N–H and O–H groups in total. The van der Waals surface area contributed by atoms with Crippen LogP contribution < -0.4 is 4.90 Å². The van der Waals surface area contributed by atoms with Gasteiger partial charge in [0.1, 0.15) is 11.6 Å². The zero-order valence-electron chi connectivity index (χ0n) is 12.7. The monoisotopic (exact) mass is 299 g/mol. The van der Waals surface area contributed by atoms with Gasteiger partial charge < -0.3 is 4.90 Å². The molecule has 5 nitrogen and oxygen atoms in total. The lowest BCUT2D eigenvalue weighted by molar-refractivity contribution is 0.586. The van der Waals surface area contributed by atoms with E-state index in [-0.39, 0.29) is 11.5 Å². The van der Waals surface area contributed by atoms with Crippen LogP contribution in [-0.2, 0) is 16.3 Å². The number of hydrogen-bond donors (Lipinski definition) is 0. The third-order valence-corrected chi connectivity index (χ3v) is 4.72. The zero-order chi connectivity index (χ0) is 15.0. The van der Waals surface area contributed by atoms with E-state index in [1.807, 2.05) is 24.8 Å². The smallest absolute Gasteiger partial charge is 0.153 e. The molecule has 2 rings (SSSR count). The van der Waals surface area contributed by atoms with Gasteiger partial charge in [0.15, 0.2) is 9.84 Å². The maximum atomic E-state index is 11.4. The molecule has 0 aromatic carbocycles. The average molecular weight is 299 g/mol. The Hall–Kier alpha value is -1.17. The molecule has 1 saturated heterocycles.